The van der Waals surface area contributed by atoms with Gasteiger partial charge in [0.2, 0.25) is 11.8 Å². The van der Waals surface area contributed by atoms with Gasteiger partial charge in [-0.3, -0.25) is 9.59 Å². The van der Waals surface area contributed by atoms with Crippen molar-refractivity contribution in [3.8, 4) is 0 Å². The number of halogens is 1. The lowest BCUT2D eigenvalue weighted by molar-refractivity contribution is -0.132. The van der Waals surface area contributed by atoms with Crippen LogP contribution >= 0.6 is 11.6 Å². The molecule has 3 fully saturated rings. The number of hydrogen-bond acceptors (Lipinski definition) is 3. The third-order valence-electron chi connectivity index (χ3n) is 8.06. The van der Waals surface area contributed by atoms with Crippen molar-refractivity contribution in [3.63, 3.8) is 0 Å². The Labute approximate surface area is 188 Å². The minimum absolute atomic E-state index is 0.0392. The molecule has 0 spiro atoms. The summed E-state index contributed by atoms with van der Waals surface area (Å²) in [7, 11) is 0. The number of carbonyl (C=O) groups is 2. The van der Waals surface area contributed by atoms with Gasteiger partial charge in [0.25, 0.3) is 0 Å². The van der Waals surface area contributed by atoms with Crippen LogP contribution in [0.1, 0.15) is 72.6 Å². The van der Waals surface area contributed by atoms with Crippen LogP contribution in [0, 0.1) is 29.6 Å². The van der Waals surface area contributed by atoms with Gasteiger partial charge in [0.15, 0.2) is 0 Å². The number of piperidine rings is 1. The lowest BCUT2D eigenvalue weighted by Crippen LogP contribution is -2.54. The van der Waals surface area contributed by atoms with Crippen LogP contribution in [0.3, 0.4) is 0 Å². The second-order valence-electron chi connectivity index (χ2n) is 10.3. The second-order valence-corrected chi connectivity index (χ2v) is 10.9. The van der Waals surface area contributed by atoms with Crippen molar-refractivity contribution >= 4 is 23.4 Å². The van der Waals surface area contributed by atoms with Gasteiger partial charge in [-0.15, -0.1) is 11.6 Å². The Hall–Kier alpha value is -0.810. The van der Waals surface area contributed by atoms with E-state index in [1.54, 1.807) is 0 Å². The maximum absolute atomic E-state index is 13.2. The lowest BCUT2D eigenvalue weighted by atomic mass is 9.75. The summed E-state index contributed by atoms with van der Waals surface area (Å²) in [5, 5.41) is 6.19. The summed E-state index contributed by atoms with van der Waals surface area (Å²) in [4.78, 5) is 28.1. The largest absolute Gasteiger partial charge is 0.355 e. The zero-order valence-corrected chi connectivity index (χ0v) is 20.1. The smallest absolute Gasteiger partial charge is 0.225 e. The fraction of sp³-hybridized carbons (Fsp3) is 0.917. The highest BCUT2D eigenvalue weighted by atomic mass is 35.5. The molecular formula is C24H42ClN3O2. The zero-order valence-electron chi connectivity index (χ0n) is 19.3. The first-order chi connectivity index (χ1) is 14.3. The van der Waals surface area contributed by atoms with E-state index in [-0.39, 0.29) is 46.9 Å². The summed E-state index contributed by atoms with van der Waals surface area (Å²) in [6, 6.07) is 0.579. The number of alkyl halides is 1. The molecule has 2 aliphatic carbocycles. The number of amides is 2. The summed E-state index contributed by atoms with van der Waals surface area (Å²) in [5.74, 6) is 1.29. The van der Waals surface area contributed by atoms with E-state index in [1.165, 1.54) is 25.7 Å². The molecule has 1 saturated heterocycles. The predicted octanol–water partition coefficient (Wildman–Crippen LogP) is 3.80. The van der Waals surface area contributed by atoms with Crippen LogP contribution in [0.2, 0.25) is 0 Å². The van der Waals surface area contributed by atoms with E-state index < -0.39 is 0 Å². The Balaban J connectivity index is 1.59. The van der Waals surface area contributed by atoms with Crippen molar-refractivity contribution in [1.29, 1.82) is 0 Å². The molecule has 2 amide bonds. The van der Waals surface area contributed by atoms with Crippen LogP contribution in [0.4, 0.5) is 0 Å². The molecule has 172 valence electrons. The first-order valence-electron chi connectivity index (χ1n) is 12.3. The molecule has 1 heterocycles. The van der Waals surface area contributed by atoms with E-state index in [1.807, 2.05) is 6.92 Å². The SMILES string of the molecule is CCN(CC1CCCC1)C1CC(Cl)CC(C(=O)NCC2C(=O)NC(C)CC2C)C1C. The first kappa shape index (κ1) is 23.8. The highest BCUT2D eigenvalue weighted by Gasteiger charge is 2.41. The standard InChI is InChI=1S/C24H42ClN3O2/c1-5-28(14-18-8-6-7-9-18)22-12-19(25)11-20(17(22)4)23(29)26-13-21-15(2)10-16(3)27-24(21)30/h15-22H,5-14H2,1-4H3,(H,26,29)(H,27,30). The normalized spacial score (nSPS) is 37.9. The van der Waals surface area contributed by atoms with Crippen LogP contribution in [0.15, 0.2) is 0 Å². The second kappa shape index (κ2) is 10.7. The summed E-state index contributed by atoms with van der Waals surface area (Å²) in [6.07, 6.45) is 8.06. The van der Waals surface area contributed by atoms with Crippen LogP contribution < -0.4 is 10.6 Å². The predicted molar refractivity (Wildman–Crippen MR) is 122 cm³/mol. The molecule has 1 aliphatic heterocycles. The van der Waals surface area contributed by atoms with Gasteiger partial charge in [-0.25, -0.2) is 0 Å². The van der Waals surface area contributed by atoms with Crippen LogP contribution in [-0.4, -0.2) is 53.8 Å². The summed E-state index contributed by atoms with van der Waals surface area (Å²) in [6.45, 7) is 11.2. The van der Waals surface area contributed by atoms with E-state index >= 15 is 0 Å². The Bertz CT molecular complexity index is 595. The van der Waals surface area contributed by atoms with Gasteiger partial charge in [-0.2, -0.15) is 0 Å². The van der Waals surface area contributed by atoms with E-state index in [2.05, 4.69) is 36.3 Å². The molecular weight excluding hydrogens is 398 g/mol. The fourth-order valence-electron chi connectivity index (χ4n) is 6.21. The number of carbonyl (C=O) groups excluding carboxylic acids is 2. The highest BCUT2D eigenvalue weighted by Crippen LogP contribution is 2.37. The minimum Gasteiger partial charge on any atom is -0.355 e. The van der Waals surface area contributed by atoms with E-state index in [0.29, 0.717) is 12.6 Å². The van der Waals surface area contributed by atoms with Gasteiger partial charge < -0.3 is 15.5 Å². The summed E-state index contributed by atoms with van der Waals surface area (Å²) in [5.41, 5.74) is 0. The quantitative estimate of drug-likeness (QED) is 0.593. The summed E-state index contributed by atoms with van der Waals surface area (Å²) >= 11 is 6.67. The maximum Gasteiger partial charge on any atom is 0.225 e. The summed E-state index contributed by atoms with van der Waals surface area (Å²) < 4.78 is 0. The molecule has 0 aromatic carbocycles. The number of nitrogens with zero attached hydrogens (tertiary/aromatic N) is 1. The van der Waals surface area contributed by atoms with Crippen LogP contribution in [0.25, 0.3) is 0 Å². The highest BCUT2D eigenvalue weighted by molar-refractivity contribution is 6.20. The lowest BCUT2D eigenvalue weighted by Gasteiger charge is -2.44. The first-order valence-corrected chi connectivity index (χ1v) is 12.7. The van der Waals surface area contributed by atoms with E-state index in [9.17, 15) is 9.59 Å². The molecule has 2 N–H and O–H groups in total. The van der Waals surface area contributed by atoms with Crippen molar-refractivity contribution in [2.24, 2.45) is 29.6 Å². The van der Waals surface area contributed by atoms with Gasteiger partial charge in [0.05, 0.1) is 5.92 Å². The van der Waals surface area contributed by atoms with Gasteiger partial charge in [0, 0.05) is 36.5 Å². The van der Waals surface area contributed by atoms with Gasteiger partial charge in [0.1, 0.15) is 0 Å². The van der Waals surface area contributed by atoms with Crippen LogP contribution in [-0.2, 0) is 9.59 Å². The molecule has 7 unspecified atom stereocenters. The van der Waals surface area contributed by atoms with Crippen LogP contribution in [0.5, 0.6) is 0 Å². The van der Waals surface area contributed by atoms with Gasteiger partial charge >= 0.3 is 0 Å². The molecule has 30 heavy (non-hydrogen) atoms. The number of nitrogens with one attached hydrogen (secondary N) is 2. The fourth-order valence-corrected chi connectivity index (χ4v) is 6.58. The number of hydrogen-bond donors (Lipinski definition) is 2. The Morgan fingerprint density at radius 3 is 2.50 bits per heavy atom. The number of rotatable bonds is 7. The molecule has 5 nitrogen and oxygen atoms in total. The molecule has 0 bridgehead atoms. The molecule has 2 saturated carbocycles. The van der Waals surface area contributed by atoms with E-state index in [0.717, 1.165) is 38.3 Å². The minimum atomic E-state index is -0.138. The topological polar surface area (TPSA) is 61.4 Å². The Morgan fingerprint density at radius 1 is 1.17 bits per heavy atom. The zero-order chi connectivity index (χ0) is 21.8. The van der Waals surface area contributed by atoms with Crippen molar-refractivity contribution < 1.29 is 9.59 Å². The maximum atomic E-state index is 13.2. The average Bonchev–Trinajstić information content (AvgIpc) is 3.20. The van der Waals surface area contributed by atoms with E-state index in [4.69, 9.17) is 11.6 Å². The molecule has 3 rings (SSSR count). The molecule has 0 aromatic rings. The Morgan fingerprint density at radius 2 is 1.87 bits per heavy atom. The third kappa shape index (κ3) is 5.70. The van der Waals surface area contributed by atoms with Gasteiger partial charge in [-0.1, -0.05) is 33.6 Å². The molecule has 6 heteroatoms. The average molecular weight is 440 g/mol. The van der Waals surface area contributed by atoms with Crippen molar-refractivity contribution in [1.82, 2.24) is 15.5 Å². The molecule has 7 atom stereocenters. The van der Waals surface area contributed by atoms with Gasteiger partial charge in [-0.05, 0) is 63.3 Å². The van der Waals surface area contributed by atoms with Crippen molar-refractivity contribution in [3.05, 3.63) is 0 Å². The third-order valence-corrected chi connectivity index (χ3v) is 8.42. The van der Waals surface area contributed by atoms with Crippen molar-refractivity contribution in [2.75, 3.05) is 19.6 Å². The molecule has 3 aliphatic rings. The monoisotopic (exact) mass is 439 g/mol. The molecule has 0 aromatic heterocycles. The molecule has 0 radical (unpaired) electrons. The Kier molecular flexibility index (Phi) is 8.48. The van der Waals surface area contributed by atoms with Crippen molar-refractivity contribution in [2.45, 2.75) is 90.1 Å².